The third-order valence-corrected chi connectivity index (χ3v) is 2.70. The van der Waals surface area contributed by atoms with Gasteiger partial charge in [0.15, 0.2) is 0 Å². The van der Waals surface area contributed by atoms with Crippen molar-refractivity contribution in [2.45, 2.75) is 19.8 Å². The number of hydrogen-bond acceptors (Lipinski definition) is 1. The number of aliphatic carboxylic acids is 1. The summed E-state index contributed by atoms with van der Waals surface area (Å²) < 4.78 is 0. The number of carbonyl (C=O) groups is 1. The van der Waals surface area contributed by atoms with Crippen LogP contribution in [0.3, 0.4) is 0 Å². The Bertz CT molecular complexity index is 416. The Hall–Kier alpha value is -1.57. The monoisotopic (exact) mass is 188 g/mol. The quantitative estimate of drug-likeness (QED) is 0.687. The summed E-state index contributed by atoms with van der Waals surface area (Å²) >= 11 is 0. The molecule has 1 aromatic carbocycles. The minimum Gasteiger partial charge on any atom is -0.478 e. The molecule has 1 aliphatic rings. The average Bonchev–Trinajstić information content (AvgIpc) is 2.49. The fourth-order valence-electron chi connectivity index (χ4n) is 2.03. The van der Waals surface area contributed by atoms with E-state index in [4.69, 9.17) is 5.11 Å². The number of fused-ring (bicyclic) bond motifs is 1. The molecule has 0 radical (unpaired) electrons. The van der Waals surface area contributed by atoms with Crippen molar-refractivity contribution in [3.63, 3.8) is 0 Å². The molecule has 0 bridgehead atoms. The SMILES string of the molecule is Cc1cccc2c1CC/C2=C/C(=O)O. The lowest BCUT2D eigenvalue weighted by Gasteiger charge is -2.02. The Morgan fingerprint density at radius 2 is 2.21 bits per heavy atom. The lowest BCUT2D eigenvalue weighted by Crippen LogP contribution is -1.90. The van der Waals surface area contributed by atoms with E-state index in [1.165, 1.54) is 17.2 Å². The van der Waals surface area contributed by atoms with E-state index in [-0.39, 0.29) is 0 Å². The predicted octanol–water partition coefficient (Wildman–Crippen LogP) is 2.41. The number of benzene rings is 1. The molecule has 0 amide bonds. The number of aryl methyl sites for hydroxylation is 1. The molecular weight excluding hydrogens is 176 g/mol. The Labute approximate surface area is 82.9 Å². The topological polar surface area (TPSA) is 37.3 Å². The van der Waals surface area contributed by atoms with Gasteiger partial charge in [-0.25, -0.2) is 4.79 Å². The van der Waals surface area contributed by atoms with E-state index in [0.29, 0.717) is 0 Å². The van der Waals surface area contributed by atoms with E-state index in [9.17, 15) is 4.79 Å². The van der Waals surface area contributed by atoms with Gasteiger partial charge >= 0.3 is 5.97 Å². The predicted molar refractivity (Wildman–Crippen MR) is 55.1 cm³/mol. The van der Waals surface area contributed by atoms with E-state index in [1.807, 2.05) is 12.1 Å². The number of rotatable bonds is 1. The molecule has 0 heterocycles. The minimum absolute atomic E-state index is 0.852. The zero-order valence-electron chi connectivity index (χ0n) is 8.08. The molecule has 2 heteroatoms. The van der Waals surface area contributed by atoms with E-state index >= 15 is 0 Å². The van der Waals surface area contributed by atoms with Gasteiger partial charge in [0, 0.05) is 6.08 Å². The second-order valence-corrected chi connectivity index (χ2v) is 3.61. The molecule has 0 spiro atoms. The molecule has 0 saturated heterocycles. The number of carboxylic acid groups (broad SMARTS) is 1. The Balaban J connectivity index is 2.50. The fraction of sp³-hybridized carbons (Fsp3) is 0.250. The normalized spacial score (nSPS) is 17.1. The van der Waals surface area contributed by atoms with Gasteiger partial charge in [-0.05, 0) is 42.0 Å². The molecule has 0 saturated carbocycles. The summed E-state index contributed by atoms with van der Waals surface area (Å²) in [5.41, 5.74) is 4.64. The summed E-state index contributed by atoms with van der Waals surface area (Å²) in [6.45, 7) is 2.07. The summed E-state index contributed by atoms with van der Waals surface area (Å²) in [5, 5.41) is 8.69. The van der Waals surface area contributed by atoms with Crippen LogP contribution in [0.25, 0.3) is 5.57 Å². The first-order valence-corrected chi connectivity index (χ1v) is 4.71. The second-order valence-electron chi connectivity index (χ2n) is 3.61. The lowest BCUT2D eigenvalue weighted by molar-refractivity contribution is -0.131. The van der Waals surface area contributed by atoms with Crippen LogP contribution in [-0.2, 0) is 11.2 Å². The highest BCUT2D eigenvalue weighted by Crippen LogP contribution is 2.33. The number of carboxylic acids is 1. The Morgan fingerprint density at radius 1 is 1.43 bits per heavy atom. The van der Waals surface area contributed by atoms with Crippen LogP contribution < -0.4 is 0 Å². The molecule has 0 aliphatic heterocycles. The molecule has 2 rings (SSSR count). The summed E-state index contributed by atoms with van der Waals surface area (Å²) in [6.07, 6.45) is 3.15. The highest BCUT2D eigenvalue weighted by Gasteiger charge is 2.17. The van der Waals surface area contributed by atoms with Crippen LogP contribution in [-0.4, -0.2) is 11.1 Å². The van der Waals surface area contributed by atoms with E-state index < -0.39 is 5.97 Å². The molecule has 0 atom stereocenters. The summed E-state index contributed by atoms with van der Waals surface area (Å²) in [5.74, 6) is -0.852. The van der Waals surface area contributed by atoms with Gasteiger partial charge in [0.1, 0.15) is 0 Å². The molecule has 0 aromatic heterocycles. The molecule has 1 aliphatic carbocycles. The first-order valence-electron chi connectivity index (χ1n) is 4.71. The van der Waals surface area contributed by atoms with Crippen LogP contribution in [0.2, 0.25) is 0 Å². The zero-order chi connectivity index (χ0) is 10.1. The number of allylic oxidation sites excluding steroid dienone is 1. The van der Waals surface area contributed by atoms with Crippen molar-refractivity contribution in [3.05, 3.63) is 41.0 Å². The van der Waals surface area contributed by atoms with Gasteiger partial charge in [-0.2, -0.15) is 0 Å². The fourth-order valence-corrected chi connectivity index (χ4v) is 2.03. The Morgan fingerprint density at radius 3 is 2.93 bits per heavy atom. The van der Waals surface area contributed by atoms with Crippen molar-refractivity contribution in [2.75, 3.05) is 0 Å². The van der Waals surface area contributed by atoms with Gasteiger partial charge in [-0.1, -0.05) is 18.2 Å². The van der Waals surface area contributed by atoms with Gasteiger partial charge in [-0.3, -0.25) is 0 Å². The van der Waals surface area contributed by atoms with Crippen molar-refractivity contribution in [3.8, 4) is 0 Å². The maximum Gasteiger partial charge on any atom is 0.328 e. The van der Waals surface area contributed by atoms with Crippen molar-refractivity contribution in [2.24, 2.45) is 0 Å². The first kappa shape index (κ1) is 9.00. The van der Waals surface area contributed by atoms with Crippen LogP contribution in [0.15, 0.2) is 24.3 Å². The molecule has 14 heavy (non-hydrogen) atoms. The third-order valence-electron chi connectivity index (χ3n) is 2.70. The second kappa shape index (κ2) is 3.29. The van der Waals surface area contributed by atoms with Gasteiger partial charge in [0.2, 0.25) is 0 Å². The molecule has 1 aromatic rings. The lowest BCUT2D eigenvalue weighted by atomic mass is 10.0. The molecule has 2 nitrogen and oxygen atoms in total. The van der Waals surface area contributed by atoms with Gasteiger partial charge < -0.3 is 5.11 Å². The van der Waals surface area contributed by atoms with E-state index in [1.54, 1.807) is 0 Å². The van der Waals surface area contributed by atoms with Crippen molar-refractivity contribution < 1.29 is 9.90 Å². The van der Waals surface area contributed by atoms with Crippen molar-refractivity contribution in [1.82, 2.24) is 0 Å². The standard InChI is InChI=1S/C12H12O2/c1-8-3-2-4-11-9(7-12(13)14)5-6-10(8)11/h2-4,7H,5-6H2,1H3,(H,13,14)/b9-7-. The van der Waals surface area contributed by atoms with Crippen LogP contribution in [0.5, 0.6) is 0 Å². The third kappa shape index (κ3) is 1.43. The van der Waals surface area contributed by atoms with Crippen LogP contribution in [0, 0.1) is 6.92 Å². The first-order chi connectivity index (χ1) is 6.68. The molecule has 72 valence electrons. The minimum atomic E-state index is -0.852. The molecular formula is C12H12O2. The van der Waals surface area contributed by atoms with Crippen LogP contribution in [0.1, 0.15) is 23.1 Å². The van der Waals surface area contributed by atoms with E-state index in [2.05, 4.69) is 13.0 Å². The van der Waals surface area contributed by atoms with Crippen LogP contribution in [0.4, 0.5) is 0 Å². The largest absolute Gasteiger partial charge is 0.478 e. The number of hydrogen-bond donors (Lipinski definition) is 1. The maximum absolute atomic E-state index is 10.6. The van der Waals surface area contributed by atoms with Gasteiger partial charge in [-0.15, -0.1) is 0 Å². The molecule has 0 fully saturated rings. The zero-order valence-corrected chi connectivity index (χ0v) is 8.08. The summed E-state index contributed by atoms with van der Waals surface area (Å²) in [7, 11) is 0. The highest BCUT2D eigenvalue weighted by molar-refractivity contribution is 5.91. The highest BCUT2D eigenvalue weighted by atomic mass is 16.4. The van der Waals surface area contributed by atoms with Gasteiger partial charge in [0.05, 0.1) is 0 Å². The van der Waals surface area contributed by atoms with Crippen molar-refractivity contribution in [1.29, 1.82) is 0 Å². The summed E-state index contributed by atoms with van der Waals surface area (Å²) in [4.78, 5) is 10.6. The van der Waals surface area contributed by atoms with E-state index in [0.717, 1.165) is 24.0 Å². The van der Waals surface area contributed by atoms with Crippen molar-refractivity contribution >= 4 is 11.5 Å². The molecule has 0 unspecified atom stereocenters. The van der Waals surface area contributed by atoms with Gasteiger partial charge in [0.25, 0.3) is 0 Å². The maximum atomic E-state index is 10.6. The molecule has 1 N–H and O–H groups in total. The average molecular weight is 188 g/mol. The summed E-state index contributed by atoms with van der Waals surface area (Å²) in [6, 6.07) is 6.06. The smallest absolute Gasteiger partial charge is 0.328 e. The van der Waals surface area contributed by atoms with Crippen LogP contribution >= 0.6 is 0 Å². The Kier molecular flexibility index (Phi) is 2.12.